The molecule has 0 fully saturated rings. The van der Waals surface area contributed by atoms with Crippen molar-refractivity contribution >= 4 is 48.8 Å². The number of rotatable bonds is 4. The Kier molecular flexibility index (Phi) is 5.24. The molecule has 0 aliphatic rings. The molecule has 0 N–H and O–H groups in total. The van der Waals surface area contributed by atoms with Crippen molar-refractivity contribution in [1.82, 2.24) is 0 Å². The summed E-state index contributed by atoms with van der Waals surface area (Å²) in [6.45, 7) is 1.36. The Hall–Kier alpha value is -2.57. The van der Waals surface area contributed by atoms with Crippen molar-refractivity contribution in [2.75, 3.05) is 0 Å². The zero-order chi connectivity index (χ0) is 19.7. The van der Waals surface area contributed by atoms with Crippen molar-refractivity contribution in [2.24, 2.45) is 0 Å². The molecule has 6 heteroatoms. The van der Waals surface area contributed by atoms with E-state index in [4.69, 9.17) is 13.9 Å². The van der Waals surface area contributed by atoms with Crippen molar-refractivity contribution in [3.8, 4) is 28.6 Å². The number of esters is 1. The monoisotopic (exact) mass is 500 g/mol. The SMILES string of the molecule is CC(=O)Oc1cc(Br)c(Oc2ccc3oc(-c4ccccc4)cc3c2)c(Br)c1. The summed E-state index contributed by atoms with van der Waals surface area (Å²) in [5.74, 6) is 2.10. The van der Waals surface area contributed by atoms with Crippen LogP contribution in [0.15, 0.2) is 80.1 Å². The van der Waals surface area contributed by atoms with Crippen molar-refractivity contribution in [3.63, 3.8) is 0 Å². The molecule has 0 aliphatic carbocycles. The van der Waals surface area contributed by atoms with E-state index in [1.165, 1.54) is 6.92 Å². The van der Waals surface area contributed by atoms with Gasteiger partial charge in [0, 0.05) is 17.9 Å². The van der Waals surface area contributed by atoms with E-state index >= 15 is 0 Å². The molecule has 1 aromatic heterocycles. The highest BCUT2D eigenvalue weighted by atomic mass is 79.9. The third-order valence-corrected chi connectivity index (χ3v) is 5.18. The highest BCUT2D eigenvalue weighted by Gasteiger charge is 2.13. The van der Waals surface area contributed by atoms with Crippen LogP contribution in [-0.4, -0.2) is 5.97 Å². The van der Waals surface area contributed by atoms with Crippen LogP contribution in [0.1, 0.15) is 6.92 Å². The summed E-state index contributed by atoms with van der Waals surface area (Å²) in [5.41, 5.74) is 1.81. The lowest BCUT2D eigenvalue weighted by atomic mass is 10.1. The van der Waals surface area contributed by atoms with Crippen LogP contribution in [0.4, 0.5) is 0 Å². The van der Waals surface area contributed by atoms with Crippen molar-refractivity contribution in [2.45, 2.75) is 6.92 Å². The van der Waals surface area contributed by atoms with Gasteiger partial charge in [-0.3, -0.25) is 4.79 Å². The minimum absolute atomic E-state index is 0.382. The molecule has 28 heavy (non-hydrogen) atoms. The van der Waals surface area contributed by atoms with Gasteiger partial charge in [0.05, 0.1) is 8.95 Å². The molecule has 0 spiro atoms. The first-order chi connectivity index (χ1) is 13.5. The van der Waals surface area contributed by atoms with Crippen LogP contribution in [0.5, 0.6) is 17.2 Å². The van der Waals surface area contributed by atoms with E-state index in [1.54, 1.807) is 12.1 Å². The van der Waals surface area contributed by atoms with Crippen LogP contribution in [0.25, 0.3) is 22.3 Å². The lowest BCUT2D eigenvalue weighted by molar-refractivity contribution is -0.131. The zero-order valence-corrected chi connectivity index (χ0v) is 17.9. The zero-order valence-electron chi connectivity index (χ0n) is 14.7. The Labute approximate surface area is 178 Å². The third kappa shape index (κ3) is 3.98. The smallest absolute Gasteiger partial charge is 0.308 e. The predicted molar refractivity (Wildman–Crippen MR) is 115 cm³/mol. The van der Waals surface area contributed by atoms with Crippen LogP contribution in [0.2, 0.25) is 0 Å². The van der Waals surface area contributed by atoms with Crippen LogP contribution in [0, 0.1) is 0 Å². The average Bonchev–Trinajstić information content (AvgIpc) is 3.08. The molecule has 0 radical (unpaired) electrons. The van der Waals surface area contributed by atoms with E-state index in [1.807, 2.05) is 54.6 Å². The number of halogens is 2. The van der Waals surface area contributed by atoms with Gasteiger partial charge in [-0.25, -0.2) is 0 Å². The molecular formula is C22H14Br2O4. The van der Waals surface area contributed by atoms with E-state index in [0.717, 1.165) is 22.3 Å². The molecule has 3 aromatic carbocycles. The number of hydrogen-bond donors (Lipinski definition) is 0. The summed E-state index contributed by atoms with van der Waals surface area (Å²) in [7, 11) is 0. The van der Waals surface area contributed by atoms with Gasteiger partial charge in [-0.05, 0) is 68.3 Å². The van der Waals surface area contributed by atoms with Gasteiger partial charge in [-0.2, -0.15) is 0 Å². The Morgan fingerprint density at radius 2 is 1.61 bits per heavy atom. The highest BCUT2D eigenvalue weighted by molar-refractivity contribution is 9.11. The molecule has 0 unspecified atom stereocenters. The van der Waals surface area contributed by atoms with Crippen molar-refractivity contribution in [1.29, 1.82) is 0 Å². The topological polar surface area (TPSA) is 48.7 Å². The van der Waals surface area contributed by atoms with Crippen LogP contribution < -0.4 is 9.47 Å². The Morgan fingerprint density at radius 3 is 2.29 bits per heavy atom. The molecule has 0 bridgehead atoms. The molecule has 0 amide bonds. The number of hydrogen-bond acceptors (Lipinski definition) is 4. The second-order valence-corrected chi connectivity index (χ2v) is 7.80. The molecule has 0 aliphatic heterocycles. The third-order valence-electron chi connectivity index (χ3n) is 4.00. The number of carbonyl (C=O) groups excluding carboxylic acids is 1. The van der Waals surface area contributed by atoms with E-state index in [-0.39, 0.29) is 5.97 Å². The van der Waals surface area contributed by atoms with Gasteiger partial charge in [0.25, 0.3) is 0 Å². The molecule has 4 nitrogen and oxygen atoms in total. The molecule has 0 saturated carbocycles. The minimum atomic E-state index is -0.382. The second-order valence-electron chi connectivity index (χ2n) is 6.09. The maximum absolute atomic E-state index is 11.1. The second kappa shape index (κ2) is 7.81. The van der Waals surface area contributed by atoms with Gasteiger partial charge >= 0.3 is 5.97 Å². The summed E-state index contributed by atoms with van der Waals surface area (Å²) >= 11 is 6.93. The average molecular weight is 502 g/mol. The molecule has 1 heterocycles. The van der Waals surface area contributed by atoms with Gasteiger partial charge in [0.2, 0.25) is 0 Å². The lowest BCUT2D eigenvalue weighted by Gasteiger charge is -2.11. The maximum Gasteiger partial charge on any atom is 0.308 e. The molecule has 0 atom stereocenters. The molecule has 4 rings (SSSR count). The number of fused-ring (bicyclic) bond motifs is 1. The number of benzene rings is 3. The van der Waals surface area contributed by atoms with Gasteiger partial charge < -0.3 is 13.9 Å². The highest BCUT2D eigenvalue weighted by Crippen LogP contribution is 2.41. The van der Waals surface area contributed by atoms with Crippen molar-refractivity contribution < 1.29 is 18.7 Å². The normalized spacial score (nSPS) is 10.8. The Morgan fingerprint density at radius 1 is 0.893 bits per heavy atom. The first-order valence-corrected chi connectivity index (χ1v) is 10.0. The molecule has 0 saturated heterocycles. The summed E-state index contributed by atoms with van der Waals surface area (Å²) in [6, 6.07) is 21.0. The molecular weight excluding hydrogens is 488 g/mol. The summed E-state index contributed by atoms with van der Waals surface area (Å²) in [4.78, 5) is 11.1. The lowest BCUT2D eigenvalue weighted by Crippen LogP contribution is -2.01. The van der Waals surface area contributed by atoms with Crippen LogP contribution in [-0.2, 0) is 4.79 Å². The maximum atomic E-state index is 11.1. The predicted octanol–water partition coefficient (Wildman–Crippen LogP) is 7.34. The number of furan rings is 1. The van der Waals surface area contributed by atoms with Gasteiger partial charge in [0.15, 0.2) is 5.75 Å². The molecule has 140 valence electrons. The fraction of sp³-hybridized carbons (Fsp3) is 0.0455. The minimum Gasteiger partial charge on any atom is -0.456 e. The van der Waals surface area contributed by atoms with Crippen LogP contribution in [0.3, 0.4) is 0 Å². The first-order valence-electron chi connectivity index (χ1n) is 8.44. The largest absolute Gasteiger partial charge is 0.456 e. The summed E-state index contributed by atoms with van der Waals surface area (Å²) in [5, 5.41) is 0.945. The van der Waals surface area contributed by atoms with E-state index in [2.05, 4.69) is 31.9 Å². The standard InChI is InChI=1S/C22H14Br2O4/c1-13(25)26-17-11-18(23)22(19(24)12-17)27-16-7-8-20-15(9-16)10-21(28-20)14-5-3-2-4-6-14/h2-12H,1H3. The fourth-order valence-electron chi connectivity index (χ4n) is 2.81. The Balaban J connectivity index is 1.64. The fourth-order valence-corrected chi connectivity index (χ4v) is 4.11. The van der Waals surface area contributed by atoms with Crippen LogP contribution >= 0.6 is 31.9 Å². The molecule has 4 aromatic rings. The number of ether oxygens (including phenoxy) is 2. The number of carbonyl (C=O) groups is 1. The van der Waals surface area contributed by atoms with Gasteiger partial charge in [0.1, 0.15) is 22.8 Å². The van der Waals surface area contributed by atoms with Gasteiger partial charge in [-0.1, -0.05) is 30.3 Å². The Bertz CT molecular complexity index is 1140. The van der Waals surface area contributed by atoms with Gasteiger partial charge in [-0.15, -0.1) is 0 Å². The van der Waals surface area contributed by atoms with E-state index < -0.39 is 0 Å². The van der Waals surface area contributed by atoms with E-state index in [9.17, 15) is 4.79 Å². The van der Waals surface area contributed by atoms with E-state index in [0.29, 0.717) is 26.2 Å². The quantitative estimate of drug-likeness (QED) is 0.217. The summed E-state index contributed by atoms with van der Waals surface area (Å²) < 4.78 is 18.4. The van der Waals surface area contributed by atoms with Crippen molar-refractivity contribution in [3.05, 3.63) is 75.7 Å². The summed E-state index contributed by atoms with van der Waals surface area (Å²) in [6.07, 6.45) is 0. The first kappa shape index (κ1) is 18.8.